The number of nitrogens with one attached hydrogen (secondary N) is 1. The van der Waals surface area contributed by atoms with Gasteiger partial charge in [-0.15, -0.1) is 0 Å². The fourth-order valence-electron chi connectivity index (χ4n) is 2.34. The van der Waals surface area contributed by atoms with Crippen molar-refractivity contribution in [3.8, 4) is 0 Å². The van der Waals surface area contributed by atoms with E-state index in [1.165, 1.54) is 32.4 Å². The number of unbranched alkanes of at least 4 members (excludes halogenated alkanes) is 1. The van der Waals surface area contributed by atoms with E-state index >= 15 is 0 Å². The lowest BCUT2D eigenvalue weighted by Gasteiger charge is -2.16. The van der Waals surface area contributed by atoms with Crippen molar-refractivity contribution in [1.82, 2.24) is 10.2 Å². The van der Waals surface area contributed by atoms with Crippen LogP contribution in [0, 0.1) is 5.92 Å². The fraction of sp³-hybridized carbons (Fsp3) is 1.00. The Bertz CT molecular complexity index is 191. The Hall–Kier alpha value is -0.160. The highest BCUT2D eigenvalue weighted by Gasteiger charge is 2.21. The molecule has 1 unspecified atom stereocenters. The van der Waals surface area contributed by atoms with Gasteiger partial charge in [-0.05, 0) is 25.3 Å². The van der Waals surface area contributed by atoms with Crippen LogP contribution in [-0.2, 0) is 9.47 Å². The minimum Gasteiger partial charge on any atom is -0.384 e. The molecule has 0 aromatic rings. The first-order chi connectivity index (χ1) is 8.86. The lowest BCUT2D eigenvalue weighted by molar-refractivity contribution is 0.132. The van der Waals surface area contributed by atoms with Gasteiger partial charge in [0.2, 0.25) is 0 Å². The van der Waals surface area contributed by atoms with Crippen molar-refractivity contribution in [3.05, 3.63) is 0 Å². The van der Waals surface area contributed by atoms with Gasteiger partial charge in [0.15, 0.2) is 0 Å². The molecule has 0 radical (unpaired) electrons. The molecule has 1 N–H and O–H groups in total. The number of ether oxygens (including phenoxy) is 2. The number of rotatable bonds is 11. The van der Waals surface area contributed by atoms with Gasteiger partial charge in [-0.3, -0.25) is 0 Å². The Morgan fingerprint density at radius 2 is 2.17 bits per heavy atom. The van der Waals surface area contributed by atoms with Gasteiger partial charge in [-0.1, -0.05) is 13.3 Å². The summed E-state index contributed by atoms with van der Waals surface area (Å²) in [6.07, 6.45) is 3.67. The highest BCUT2D eigenvalue weighted by Crippen LogP contribution is 2.15. The Morgan fingerprint density at radius 3 is 2.94 bits per heavy atom. The molecule has 1 fully saturated rings. The minimum atomic E-state index is 0.743. The number of hydrogen-bond acceptors (Lipinski definition) is 4. The van der Waals surface area contributed by atoms with E-state index in [9.17, 15) is 0 Å². The monoisotopic (exact) mass is 258 g/mol. The van der Waals surface area contributed by atoms with E-state index in [4.69, 9.17) is 9.47 Å². The van der Waals surface area contributed by atoms with Crippen LogP contribution < -0.4 is 5.32 Å². The molecule has 0 bridgehead atoms. The third-order valence-corrected chi connectivity index (χ3v) is 3.44. The van der Waals surface area contributed by atoms with Gasteiger partial charge in [0.05, 0.1) is 13.2 Å². The first-order valence-electron chi connectivity index (χ1n) is 7.36. The predicted octanol–water partition coefficient (Wildman–Crippen LogP) is 1.36. The van der Waals surface area contributed by atoms with Crippen molar-refractivity contribution in [2.24, 2.45) is 5.92 Å². The van der Waals surface area contributed by atoms with Crippen molar-refractivity contribution in [2.75, 3.05) is 59.7 Å². The Labute approximate surface area is 112 Å². The molecule has 0 saturated carbocycles. The fourth-order valence-corrected chi connectivity index (χ4v) is 2.34. The second-order valence-corrected chi connectivity index (χ2v) is 5.13. The molecule has 0 aliphatic carbocycles. The molecule has 18 heavy (non-hydrogen) atoms. The molecule has 0 amide bonds. The SMILES string of the molecule is CCCCOCCNCCN1CCC(COC)C1. The van der Waals surface area contributed by atoms with E-state index in [0.29, 0.717) is 0 Å². The molecule has 1 rings (SSSR count). The number of hydrogen-bond donors (Lipinski definition) is 1. The summed E-state index contributed by atoms with van der Waals surface area (Å²) < 4.78 is 10.7. The van der Waals surface area contributed by atoms with Crippen LogP contribution in [0.15, 0.2) is 0 Å². The number of likely N-dealkylation sites (tertiary alicyclic amines) is 1. The maximum Gasteiger partial charge on any atom is 0.0590 e. The van der Waals surface area contributed by atoms with Crippen LogP contribution in [-0.4, -0.2) is 64.6 Å². The van der Waals surface area contributed by atoms with Crippen molar-refractivity contribution in [1.29, 1.82) is 0 Å². The van der Waals surface area contributed by atoms with Crippen LogP contribution in [0.3, 0.4) is 0 Å². The van der Waals surface area contributed by atoms with E-state index in [1.54, 1.807) is 7.11 Å². The summed E-state index contributed by atoms with van der Waals surface area (Å²) in [6, 6.07) is 0. The lowest BCUT2D eigenvalue weighted by atomic mass is 10.1. The Morgan fingerprint density at radius 1 is 1.28 bits per heavy atom. The normalized spacial score (nSPS) is 20.7. The molecule has 1 atom stereocenters. The van der Waals surface area contributed by atoms with Crippen molar-refractivity contribution in [2.45, 2.75) is 26.2 Å². The quantitative estimate of drug-likeness (QED) is 0.567. The van der Waals surface area contributed by atoms with Crippen LogP contribution in [0.25, 0.3) is 0 Å². The third kappa shape index (κ3) is 7.31. The lowest BCUT2D eigenvalue weighted by Crippen LogP contribution is -2.32. The summed E-state index contributed by atoms with van der Waals surface area (Å²) in [5, 5.41) is 3.44. The molecule has 1 saturated heterocycles. The molecule has 4 nitrogen and oxygen atoms in total. The minimum absolute atomic E-state index is 0.743. The van der Waals surface area contributed by atoms with Crippen molar-refractivity contribution < 1.29 is 9.47 Å². The summed E-state index contributed by atoms with van der Waals surface area (Å²) in [6.45, 7) is 10.5. The zero-order chi connectivity index (χ0) is 13.1. The Kier molecular flexibility index (Phi) is 9.48. The van der Waals surface area contributed by atoms with E-state index in [2.05, 4.69) is 17.1 Å². The molecule has 1 heterocycles. The second-order valence-electron chi connectivity index (χ2n) is 5.13. The van der Waals surface area contributed by atoms with Crippen LogP contribution >= 0.6 is 0 Å². The number of methoxy groups -OCH3 is 1. The van der Waals surface area contributed by atoms with E-state index in [1.807, 2.05) is 0 Å². The molecule has 0 spiro atoms. The largest absolute Gasteiger partial charge is 0.384 e. The van der Waals surface area contributed by atoms with Gasteiger partial charge in [-0.2, -0.15) is 0 Å². The average molecular weight is 258 g/mol. The van der Waals surface area contributed by atoms with E-state index < -0.39 is 0 Å². The van der Waals surface area contributed by atoms with Gasteiger partial charge in [-0.25, -0.2) is 0 Å². The zero-order valence-corrected chi connectivity index (χ0v) is 12.1. The van der Waals surface area contributed by atoms with Gasteiger partial charge in [0.25, 0.3) is 0 Å². The van der Waals surface area contributed by atoms with Crippen molar-refractivity contribution in [3.63, 3.8) is 0 Å². The molecular formula is C14H30N2O2. The first kappa shape index (κ1) is 15.9. The maximum absolute atomic E-state index is 5.50. The van der Waals surface area contributed by atoms with Gasteiger partial charge in [0, 0.05) is 39.9 Å². The first-order valence-corrected chi connectivity index (χ1v) is 7.36. The zero-order valence-electron chi connectivity index (χ0n) is 12.1. The van der Waals surface area contributed by atoms with E-state index in [-0.39, 0.29) is 0 Å². The standard InChI is InChI=1S/C14H30N2O2/c1-3-4-10-18-11-7-15-6-9-16-8-5-14(12-16)13-17-2/h14-15H,3-13H2,1-2H3. The third-order valence-electron chi connectivity index (χ3n) is 3.44. The smallest absolute Gasteiger partial charge is 0.0590 e. The van der Waals surface area contributed by atoms with Crippen molar-refractivity contribution >= 4 is 0 Å². The topological polar surface area (TPSA) is 33.7 Å². The molecule has 0 aromatic heterocycles. The van der Waals surface area contributed by atoms with Crippen LogP contribution in [0.4, 0.5) is 0 Å². The molecule has 0 aromatic carbocycles. The van der Waals surface area contributed by atoms with Crippen LogP contribution in [0.5, 0.6) is 0 Å². The second kappa shape index (κ2) is 10.7. The number of nitrogens with zero attached hydrogens (tertiary/aromatic N) is 1. The molecule has 1 aliphatic rings. The summed E-state index contributed by atoms with van der Waals surface area (Å²) in [5.74, 6) is 0.743. The average Bonchev–Trinajstić information content (AvgIpc) is 2.81. The summed E-state index contributed by atoms with van der Waals surface area (Å²) in [5.41, 5.74) is 0. The highest BCUT2D eigenvalue weighted by molar-refractivity contribution is 4.75. The molecule has 108 valence electrons. The van der Waals surface area contributed by atoms with Gasteiger partial charge in [0.1, 0.15) is 0 Å². The van der Waals surface area contributed by atoms with Crippen LogP contribution in [0.1, 0.15) is 26.2 Å². The van der Waals surface area contributed by atoms with Gasteiger partial charge >= 0.3 is 0 Å². The van der Waals surface area contributed by atoms with Crippen LogP contribution in [0.2, 0.25) is 0 Å². The summed E-state index contributed by atoms with van der Waals surface area (Å²) in [7, 11) is 1.79. The van der Waals surface area contributed by atoms with Gasteiger partial charge < -0.3 is 19.7 Å². The summed E-state index contributed by atoms with van der Waals surface area (Å²) >= 11 is 0. The summed E-state index contributed by atoms with van der Waals surface area (Å²) in [4.78, 5) is 2.52. The molecule has 4 heteroatoms. The highest BCUT2D eigenvalue weighted by atomic mass is 16.5. The van der Waals surface area contributed by atoms with E-state index in [0.717, 1.165) is 45.4 Å². The Balaban J connectivity index is 1.84. The maximum atomic E-state index is 5.50. The predicted molar refractivity (Wildman–Crippen MR) is 75.0 cm³/mol. The molecular weight excluding hydrogens is 228 g/mol. The molecule has 1 aliphatic heterocycles.